The number of carbonyl (C=O) groups is 1. The molecule has 0 spiro atoms. The Kier molecular flexibility index (Phi) is 5.17. The Labute approximate surface area is 194 Å². The summed E-state index contributed by atoms with van der Waals surface area (Å²) in [4.78, 5) is 24.7. The molecule has 1 amide bonds. The first kappa shape index (κ1) is 20.2. The molecule has 0 aliphatic carbocycles. The molecule has 6 rings (SSSR count). The molecule has 2 aromatic carbocycles. The number of hydrogen-bond donors (Lipinski definition) is 0. The molecule has 2 unspecified atom stereocenters. The number of imidazole rings is 1. The van der Waals surface area contributed by atoms with E-state index in [9.17, 15) is 4.79 Å². The van der Waals surface area contributed by atoms with E-state index >= 15 is 0 Å². The molecule has 33 heavy (non-hydrogen) atoms. The fraction of sp³-hybridized carbons (Fsp3) is 0.321. The highest BCUT2D eigenvalue weighted by molar-refractivity contribution is 5.96. The van der Waals surface area contributed by atoms with Crippen molar-refractivity contribution in [1.29, 1.82) is 0 Å². The summed E-state index contributed by atoms with van der Waals surface area (Å²) in [5.74, 6) is 0.805. The Balaban J connectivity index is 1.19. The first-order chi connectivity index (χ1) is 16.2. The van der Waals surface area contributed by atoms with E-state index in [1.54, 1.807) is 12.5 Å². The Morgan fingerprint density at radius 3 is 2.61 bits per heavy atom. The van der Waals surface area contributed by atoms with Crippen molar-refractivity contribution in [2.45, 2.75) is 50.7 Å². The molecule has 166 valence electrons. The smallest absolute Gasteiger partial charge is 0.254 e. The maximum absolute atomic E-state index is 13.7. The molecule has 2 aromatic heterocycles. The van der Waals surface area contributed by atoms with E-state index in [1.165, 1.54) is 10.9 Å². The summed E-state index contributed by atoms with van der Waals surface area (Å²) in [5, 5.41) is 1.21. The molecule has 4 aromatic rings. The number of rotatable bonds is 5. The third-order valence-corrected chi connectivity index (χ3v) is 7.40. The lowest BCUT2D eigenvalue weighted by atomic mass is 9.85. The Morgan fingerprint density at radius 2 is 1.79 bits per heavy atom. The SMILES string of the molecule is O=C(c1ccccc1Cn1ccnc1)N1C2CCC1CC(Cc1cnc3ccccc3c1)C2. The van der Waals surface area contributed by atoms with Crippen molar-refractivity contribution in [3.8, 4) is 0 Å². The number of para-hydroxylation sites is 1. The van der Waals surface area contributed by atoms with Crippen LogP contribution in [0.15, 0.2) is 79.5 Å². The molecule has 2 bridgehead atoms. The predicted octanol–water partition coefficient (Wildman–Crippen LogP) is 5.11. The maximum atomic E-state index is 13.7. The van der Waals surface area contributed by atoms with Crippen molar-refractivity contribution in [1.82, 2.24) is 19.4 Å². The molecule has 2 aliphatic rings. The van der Waals surface area contributed by atoms with Crippen molar-refractivity contribution < 1.29 is 4.79 Å². The first-order valence-corrected chi connectivity index (χ1v) is 11.9. The van der Waals surface area contributed by atoms with Gasteiger partial charge in [0, 0.05) is 48.2 Å². The van der Waals surface area contributed by atoms with Gasteiger partial charge in [-0.05, 0) is 67.3 Å². The fourth-order valence-electron chi connectivity index (χ4n) is 5.93. The highest BCUT2D eigenvalue weighted by Crippen LogP contribution is 2.41. The second-order valence-corrected chi connectivity index (χ2v) is 9.57. The Bertz CT molecular complexity index is 1270. The van der Waals surface area contributed by atoms with Crippen LogP contribution in [0.3, 0.4) is 0 Å². The number of fused-ring (bicyclic) bond motifs is 3. The Hall–Kier alpha value is -3.47. The summed E-state index contributed by atoms with van der Waals surface area (Å²) in [5.41, 5.74) is 4.25. The van der Waals surface area contributed by atoms with Gasteiger partial charge in [-0.1, -0.05) is 36.4 Å². The molecular formula is C28H28N4O. The first-order valence-electron chi connectivity index (χ1n) is 11.9. The van der Waals surface area contributed by atoms with Crippen LogP contribution in [0.25, 0.3) is 10.9 Å². The van der Waals surface area contributed by atoms with Crippen LogP contribution in [0.1, 0.15) is 47.2 Å². The molecule has 0 saturated carbocycles. The van der Waals surface area contributed by atoms with Gasteiger partial charge in [-0.15, -0.1) is 0 Å². The summed E-state index contributed by atoms with van der Waals surface area (Å²) in [6.07, 6.45) is 13.0. The minimum Gasteiger partial charge on any atom is -0.333 e. The van der Waals surface area contributed by atoms with Crippen LogP contribution in [-0.4, -0.2) is 37.4 Å². The summed E-state index contributed by atoms with van der Waals surface area (Å²) < 4.78 is 2.02. The molecule has 4 heterocycles. The van der Waals surface area contributed by atoms with Gasteiger partial charge in [-0.2, -0.15) is 0 Å². The van der Waals surface area contributed by atoms with Crippen LogP contribution in [0.5, 0.6) is 0 Å². The average molecular weight is 437 g/mol. The molecule has 0 radical (unpaired) electrons. The number of nitrogens with zero attached hydrogens (tertiary/aromatic N) is 4. The van der Waals surface area contributed by atoms with Gasteiger partial charge < -0.3 is 9.47 Å². The van der Waals surface area contributed by atoms with Crippen LogP contribution in [0.4, 0.5) is 0 Å². The van der Waals surface area contributed by atoms with Gasteiger partial charge in [-0.3, -0.25) is 9.78 Å². The molecule has 2 aliphatic heterocycles. The van der Waals surface area contributed by atoms with Crippen LogP contribution >= 0.6 is 0 Å². The molecule has 5 nitrogen and oxygen atoms in total. The van der Waals surface area contributed by atoms with E-state index in [4.69, 9.17) is 0 Å². The number of pyridine rings is 1. The third kappa shape index (κ3) is 3.92. The number of aromatic nitrogens is 3. The van der Waals surface area contributed by atoms with Crippen molar-refractivity contribution in [2.75, 3.05) is 0 Å². The third-order valence-electron chi connectivity index (χ3n) is 7.40. The van der Waals surface area contributed by atoms with E-state index in [0.717, 1.165) is 48.7 Å². The highest BCUT2D eigenvalue weighted by Gasteiger charge is 2.43. The van der Waals surface area contributed by atoms with Gasteiger partial charge in [0.25, 0.3) is 5.91 Å². The van der Waals surface area contributed by atoms with Crippen LogP contribution in [-0.2, 0) is 13.0 Å². The normalized spacial score (nSPS) is 22.1. The van der Waals surface area contributed by atoms with E-state index in [-0.39, 0.29) is 5.91 Å². The number of hydrogen-bond acceptors (Lipinski definition) is 3. The number of benzene rings is 2. The second-order valence-electron chi connectivity index (χ2n) is 9.57. The van der Waals surface area contributed by atoms with E-state index in [2.05, 4.69) is 45.2 Å². The highest BCUT2D eigenvalue weighted by atomic mass is 16.2. The average Bonchev–Trinajstić information content (AvgIpc) is 3.44. The standard InChI is InChI=1S/C28H28N4O/c33-28(26-7-3-1-6-23(26)18-31-12-11-29-19-31)32-24-9-10-25(32)16-20(15-24)13-21-14-22-5-2-4-8-27(22)30-17-21/h1-8,11-12,14,17,19-20,24-25H,9-10,13,15-16,18H2. The van der Waals surface area contributed by atoms with Gasteiger partial charge in [0.05, 0.1) is 11.8 Å². The molecule has 2 atom stereocenters. The lowest BCUT2D eigenvalue weighted by molar-refractivity contribution is 0.0523. The van der Waals surface area contributed by atoms with Crippen molar-refractivity contribution in [3.63, 3.8) is 0 Å². The zero-order valence-electron chi connectivity index (χ0n) is 18.7. The zero-order chi connectivity index (χ0) is 22.2. The van der Waals surface area contributed by atoms with E-state index in [0.29, 0.717) is 24.5 Å². The fourth-order valence-corrected chi connectivity index (χ4v) is 5.93. The van der Waals surface area contributed by atoms with Crippen LogP contribution in [0.2, 0.25) is 0 Å². The zero-order valence-corrected chi connectivity index (χ0v) is 18.7. The number of piperidine rings is 1. The predicted molar refractivity (Wildman–Crippen MR) is 129 cm³/mol. The van der Waals surface area contributed by atoms with Crippen LogP contribution in [0, 0.1) is 5.92 Å². The number of carbonyl (C=O) groups excluding carboxylic acids is 1. The largest absolute Gasteiger partial charge is 0.333 e. The summed E-state index contributed by atoms with van der Waals surface area (Å²) in [7, 11) is 0. The topological polar surface area (TPSA) is 51.0 Å². The summed E-state index contributed by atoms with van der Waals surface area (Å²) in [6.45, 7) is 0.669. The quantitative estimate of drug-likeness (QED) is 0.437. The van der Waals surface area contributed by atoms with Gasteiger partial charge in [0.1, 0.15) is 0 Å². The van der Waals surface area contributed by atoms with Gasteiger partial charge in [0.15, 0.2) is 0 Å². The summed E-state index contributed by atoms with van der Waals surface area (Å²) in [6, 6.07) is 19.3. The molecule has 2 saturated heterocycles. The van der Waals surface area contributed by atoms with Crippen molar-refractivity contribution in [3.05, 3.63) is 96.2 Å². The molecule has 2 fully saturated rings. The minimum absolute atomic E-state index is 0.198. The Morgan fingerprint density at radius 1 is 1.00 bits per heavy atom. The molecule has 5 heteroatoms. The summed E-state index contributed by atoms with van der Waals surface area (Å²) >= 11 is 0. The van der Waals surface area contributed by atoms with E-state index < -0.39 is 0 Å². The number of amides is 1. The second kappa shape index (κ2) is 8.47. The van der Waals surface area contributed by atoms with Gasteiger partial charge in [-0.25, -0.2) is 4.98 Å². The van der Waals surface area contributed by atoms with Gasteiger partial charge >= 0.3 is 0 Å². The monoisotopic (exact) mass is 436 g/mol. The maximum Gasteiger partial charge on any atom is 0.254 e. The lowest BCUT2D eigenvalue weighted by Gasteiger charge is -2.39. The van der Waals surface area contributed by atoms with Crippen molar-refractivity contribution >= 4 is 16.8 Å². The van der Waals surface area contributed by atoms with E-state index in [1.807, 2.05) is 41.2 Å². The van der Waals surface area contributed by atoms with Crippen molar-refractivity contribution in [2.24, 2.45) is 5.92 Å². The molecular weight excluding hydrogens is 408 g/mol. The van der Waals surface area contributed by atoms with Gasteiger partial charge in [0.2, 0.25) is 0 Å². The molecule has 0 N–H and O–H groups in total. The van der Waals surface area contributed by atoms with Crippen LogP contribution < -0.4 is 0 Å². The minimum atomic E-state index is 0.198. The lowest BCUT2D eigenvalue weighted by Crippen LogP contribution is -2.47.